The van der Waals surface area contributed by atoms with Gasteiger partial charge in [0.1, 0.15) is 18.3 Å². The van der Waals surface area contributed by atoms with Crippen LogP contribution in [0, 0.1) is 15.5 Å². The van der Waals surface area contributed by atoms with Gasteiger partial charge in [0.25, 0.3) is 11.6 Å². The van der Waals surface area contributed by atoms with E-state index in [2.05, 4.69) is 5.10 Å². The molecule has 2 amide bonds. The van der Waals surface area contributed by atoms with Gasteiger partial charge in [-0.1, -0.05) is 20.8 Å². The van der Waals surface area contributed by atoms with Gasteiger partial charge in [-0.15, -0.1) is 0 Å². The van der Waals surface area contributed by atoms with Crippen LogP contribution in [0.3, 0.4) is 0 Å². The van der Waals surface area contributed by atoms with E-state index in [0.29, 0.717) is 29.9 Å². The Kier molecular flexibility index (Phi) is 6.24. The van der Waals surface area contributed by atoms with Gasteiger partial charge in [0.15, 0.2) is 0 Å². The molecule has 1 aliphatic rings. The van der Waals surface area contributed by atoms with Crippen molar-refractivity contribution < 1.29 is 18.9 Å². The van der Waals surface area contributed by atoms with Gasteiger partial charge >= 0.3 is 0 Å². The van der Waals surface area contributed by atoms with Crippen LogP contribution in [-0.2, 0) is 9.59 Å². The van der Waals surface area contributed by atoms with E-state index in [0.717, 1.165) is 0 Å². The quantitative estimate of drug-likeness (QED) is 0.516. The number of hydrazone groups is 1. The number of carbonyl (C=O) groups is 2. The molecular weight excluding hydrogens is 400 g/mol. The molecule has 0 unspecified atom stereocenters. The SMILES string of the molecule is CN(CC(=O)N1N=C(c2ccc([N+](=O)[O-])cc2)C[C@H]1c1ccco1)C(=O)CC(C)(C)C. The minimum absolute atomic E-state index is 0.0168. The first-order chi connectivity index (χ1) is 14.5. The fourth-order valence-electron chi connectivity index (χ4n) is 3.35. The van der Waals surface area contributed by atoms with Gasteiger partial charge in [0.2, 0.25) is 5.91 Å². The molecule has 0 N–H and O–H groups in total. The van der Waals surface area contributed by atoms with Crippen molar-refractivity contribution in [1.29, 1.82) is 0 Å². The molecule has 1 aromatic carbocycles. The second-order valence-electron chi connectivity index (χ2n) is 8.81. The van der Waals surface area contributed by atoms with Gasteiger partial charge < -0.3 is 9.32 Å². The molecule has 2 heterocycles. The maximum absolute atomic E-state index is 13.0. The van der Waals surface area contributed by atoms with E-state index in [1.54, 1.807) is 31.3 Å². The average Bonchev–Trinajstić information content (AvgIpc) is 3.36. The Morgan fingerprint density at radius 3 is 2.48 bits per heavy atom. The normalized spacial score (nSPS) is 16.2. The zero-order valence-electron chi connectivity index (χ0n) is 18.1. The summed E-state index contributed by atoms with van der Waals surface area (Å²) in [5, 5.41) is 16.7. The van der Waals surface area contributed by atoms with Gasteiger partial charge in [-0.25, -0.2) is 5.01 Å². The lowest BCUT2D eigenvalue weighted by Crippen LogP contribution is -2.40. The van der Waals surface area contributed by atoms with Gasteiger partial charge in [-0.3, -0.25) is 19.7 Å². The Labute approximate surface area is 180 Å². The van der Waals surface area contributed by atoms with Crippen molar-refractivity contribution in [3.63, 3.8) is 0 Å². The standard InChI is InChI=1S/C22H26N4O5/c1-22(2,3)13-20(27)24(4)14-21(28)25-18(19-6-5-11-31-19)12-17(23-25)15-7-9-16(10-8-15)26(29)30/h5-11,18H,12-14H2,1-4H3/t18-/m0/s1. The van der Waals surface area contributed by atoms with E-state index in [-0.39, 0.29) is 29.5 Å². The average molecular weight is 426 g/mol. The summed E-state index contributed by atoms with van der Waals surface area (Å²) in [6.07, 6.45) is 2.26. The molecule has 9 nitrogen and oxygen atoms in total. The van der Waals surface area contributed by atoms with Crippen molar-refractivity contribution >= 4 is 23.2 Å². The summed E-state index contributed by atoms with van der Waals surface area (Å²) in [7, 11) is 1.60. The number of benzene rings is 1. The van der Waals surface area contributed by atoms with E-state index >= 15 is 0 Å². The number of amides is 2. The van der Waals surface area contributed by atoms with E-state index in [9.17, 15) is 19.7 Å². The monoisotopic (exact) mass is 426 g/mol. The minimum atomic E-state index is -0.466. The zero-order valence-corrected chi connectivity index (χ0v) is 18.1. The molecule has 164 valence electrons. The lowest BCUT2D eigenvalue weighted by atomic mass is 9.92. The zero-order chi connectivity index (χ0) is 22.8. The molecule has 3 rings (SSSR count). The van der Waals surface area contributed by atoms with Crippen LogP contribution in [0.1, 0.15) is 51.0 Å². The molecule has 2 aromatic rings. The van der Waals surface area contributed by atoms with E-state index in [1.165, 1.54) is 28.3 Å². The van der Waals surface area contributed by atoms with Crippen LogP contribution in [0.25, 0.3) is 0 Å². The number of non-ortho nitro benzene ring substituents is 1. The number of rotatable bonds is 6. The molecule has 1 aromatic heterocycles. The first-order valence-corrected chi connectivity index (χ1v) is 9.97. The number of carbonyl (C=O) groups excluding carboxylic acids is 2. The number of nitrogens with zero attached hydrogens (tertiary/aromatic N) is 4. The number of furan rings is 1. The van der Waals surface area contributed by atoms with Crippen LogP contribution in [0.4, 0.5) is 5.69 Å². The second-order valence-corrected chi connectivity index (χ2v) is 8.81. The Morgan fingerprint density at radius 2 is 1.94 bits per heavy atom. The highest BCUT2D eigenvalue weighted by molar-refractivity contribution is 6.03. The van der Waals surface area contributed by atoms with Crippen LogP contribution in [0.5, 0.6) is 0 Å². The van der Waals surface area contributed by atoms with Crippen LogP contribution in [-0.4, -0.2) is 46.0 Å². The van der Waals surface area contributed by atoms with Crippen molar-refractivity contribution in [3.8, 4) is 0 Å². The molecule has 0 radical (unpaired) electrons. The molecule has 1 atom stereocenters. The van der Waals surface area contributed by atoms with Crippen LogP contribution >= 0.6 is 0 Å². The summed E-state index contributed by atoms with van der Waals surface area (Å²) in [5.74, 6) is 0.134. The maximum atomic E-state index is 13.0. The number of likely N-dealkylation sites (N-methyl/N-ethyl adjacent to an activating group) is 1. The summed E-state index contributed by atoms with van der Waals surface area (Å²) in [6.45, 7) is 5.79. The highest BCUT2D eigenvalue weighted by Crippen LogP contribution is 2.33. The summed E-state index contributed by atoms with van der Waals surface area (Å²) < 4.78 is 5.51. The second kappa shape index (κ2) is 8.71. The van der Waals surface area contributed by atoms with E-state index in [1.807, 2.05) is 20.8 Å². The number of hydrogen-bond donors (Lipinski definition) is 0. The molecule has 31 heavy (non-hydrogen) atoms. The lowest BCUT2D eigenvalue weighted by Gasteiger charge is -2.25. The molecule has 0 aliphatic carbocycles. The van der Waals surface area contributed by atoms with Crippen LogP contribution in [0.2, 0.25) is 0 Å². The Bertz CT molecular complexity index is 990. The van der Waals surface area contributed by atoms with E-state index < -0.39 is 11.0 Å². The molecule has 0 saturated heterocycles. The fourth-order valence-corrected chi connectivity index (χ4v) is 3.35. The van der Waals surface area contributed by atoms with Crippen molar-refractivity contribution in [2.24, 2.45) is 10.5 Å². The highest BCUT2D eigenvalue weighted by atomic mass is 16.6. The first-order valence-electron chi connectivity index (χ1n) is 9.97. The molecule has 9 heteroatoms. The van der Waals surface area contributed by atoms with Crippen LogP contribution in [0.15, 0.2) is 52.2 Å². The Morgan fingerprint density at radius 1 is 1.26 bits per heavy atom. The molecule has 0 bridgehead atoms. The van der Waals surface area contributed by atoms with Crippen molar-refractivity contribution in [2.45, 2.75) is 39.7 Å². The van der Waals surface area contributed by atoms with Gasteiger partial charge in [0.05, 0.1) is 16.9 Å². The number of nitro groups is 1. The summed E-state index contributed by atoms with van der Waals surface area (Å²) >= 11 is 0. The molecule has 0 saturated carbocycles. The smallest absolute Gasteiger partial charge is 0.269 e. The summed E-state index contributed by atoms with van der Waals surface area (Å²) in [5.41, 5.74) is 1.11. The van der Waals surface area contributed by atoms with Gasteiger partial charge in [0, 0.05) is 32.0 Å². The summed E-state index contributed by atoms with van der Waals surface area (Å²) in [6, 6.07) is 9.10. The minimum Gasteiger partial charge on any atom is -0.467 e. The highest BCUT2D eigenvalue weighted by Gasteiger charge is 2.35. The topological polar surface area (TPSA) is 109 Å². The number of nitro benzene ring substituents is 1. The predicted octanol–water partition coefficient (Wildman–Crippen LogP) is 3.76. The molecule has 0 fully saturated rings. The number of hydrogen-bond acceptors (Lipinski definition) is 6. The third-order valence-electron chi connectivity index (χ3n) is 4.93. The Hall–Kier alpha value is -3.49. The molecule has 0 spiro atoms. The van der Waals surface area contributed by atoms with Crippen molar-refractivity contribution in [1.82, 2.24) is 9.91 Å². The van der Waals surface area contributed by atoms with Gasteiger partial charge in [-0.2, -0.15) is 5.10 Å². The Balaban J connectivity index is 1.81. The van der Waals surface area contributed by atoms with Gasteiger partial charge in [-0.05, 0) is 35.2 Å². The molecule has 1 aliphatic heterocycles. The first kappa shape index (κ1) is 22.2. The fraction of sp³-hybridized carbons (Fsp3) is 0.409. The molecular formula is C22H26N4O5. The third-order valence-corrected chi connectivity index (χ3v) is 4.93. The van der Waals surface area contributed by atoms with Crippen molar-refractivity contribution in [2.75, 3.05) is 13.6 Å². The van der Waals surface area contributed by atoms with Crippen molar-refractivity contribution in [3.05, 3.63) is 64.1 Å². The van der Waals surface area contributed by atoms with Crippen LogP contribution < -0.4 is 0 Å². The summed E-state index contributed by atoms with van der Waals surface area (Å²) in [4.78, 5) is 37.3. The largest absolute Gasteiger partial charge is 0.467 e. The predicted molar refractivity (Wildman–Crippen MR) is 114 cm³/mol. The van der Waals surface area contributed by atoms with E-state index in [4.69, 9.17) is 4.42 Å². The maximum Gasteiger partial charge on any atom is 0.269 e. The third kappa shape index (κ3) is 5.36. The lowest BCUT2D eigenvalue weighted by molar-refractivity contribution is -0.384.